The Labute approximate surface area is 163 Å². The molecule has 2 aliphatic rings. The Morgan fingerprint density at radius 1 is 1.33 bits per heavy atom. The van der Waals surface area contributed by atoms with Crippen molar-refractivity contribution in [1.82, 2.24) is 19.2 Å². The van der Waals surface area contributed by atoms with E-state index in [4.69, 9.17) is 4.98 Å². The zero-order valence-corrected chi connectivity index (χ0v) is 17.0. The minimum atomic E-state index is -3.31. The second-order valence-corrected chi connectivity index (χ2v) is 10.3. The minimum absolute atomic E-state index is 0.104. The maximum absolute atomic E-state index is 12.7. The van der Waals surface area contributed by atoms with Gasteiger partial charge in [-0.2, -0.15) is 4.31 Å². The quantitative estimate of drug-likeness (QED) is 0.835. The van der Waals surface area contributed by atoms with Crippen LogP contribution in [-0.2, 0) is 29.5 Å². The van der Waals surface area contributed by atoms with Gasteiger partial charge in [-0.25, -0.2) is 13.4 Å². The van der Waals surface area contributed by atoms with Gasteiger partial charge in [-0.1, -0.05) is 12.5 Å². The van der Waals surface area contributed by atoms with E-state index in [1.54, 1.807) is 11.3 Å². The Hall–Kier alpha value is -1.55. The molecule has 1 atom stereocenters. The van der Waals surface area contributed by atoms with Gasteiger partial charge in [-0.3, -0.25) is 9.69 Å². The van der Waals surface area contributed by atoms with Gasteiger partial charge in [0, 0.05) is 30.9 Å². The average molecular weight is 409 g/mol. The lowest BCUT2D eigenvalue weighted by molar-refractivity contribution is 0.134. The van der Waals surface area contributed by atoms with Crippen LogP contribution in [-0.4, -0.2) is 46.9 Å². The standard InChI is InChI=1S/C18H24N4O3S2/c1-27(24,25)22-9-7-15-14(12-22)18(23)20-17(19-15)16-6-2-3-8-21(16)11-13-5-4-10-26-13/h4-5,10,16H,2-3,6-9,11-12H2,1H3,(H,19,20,23)/t16-/m1/s1. The smallest absolute Gasteiger partial charge is 0.255 e. The molecule has 4 rings (SSSR count). The summed E-state index contributed by atoms with van der Waals surface area (Å²) in [6.45, 7) is 2.35. The molecule has 27 heavy (non-hydrogen) atoms. The number of nitrogens with one attached hydrogen (secondary N) is 1. The Bertz CT molecular complexity index is 969. The lowest BCUT2D eigenvalue weighted by Crippen LogP contribution is -2.40. The number of thiophene rings is 1. The van der Waals surface area contributed by atoms with Crippen LogP contribution in [0, 0.1) is 0 Å². The number of rotatable bonds is 4. The number of aromatic amines is 1. The van der Waals surface area contributed by atoms with Crippen molar-refractivity contribution < 1.29 is 8.42 Å². The highest BCUT2D eigenvalue weighted by atomic mass is 32.2. The van der Waals surface area contributed by atoms with Gasteiger partial charge in [0.2, 0.25) is 10.0 Å². The van der Waals surface area contributed by atoms with Crippen molar-refractivity contribution in [2.24, 2.45) is 0 Å². The maximum Gasteiger partial charge on any atom is 0.255 e. The van der Waals surface area contributed by atoms with Gasteiger partial charge in [0.1, 0.15) is 5.82 Å². The summed E-state index contributed by atoms with van der Waals surface area (Å²) >= 11 is 1.75. The Morgan fingerprint density at radius 2 is 2.19 bits per heavy atom. The third-order valence-corrected chi connectivity index (χ3v) is 7.50. The molecule has 2 aromatic rings. The van der Waals surface area contributed by atoms with E-state index in [2.05, 4.69) is 27.4 Å². The van der Waals surface area contributed by atoms with Gasteiger partial charge >= 0.3 is 0 Å². The molecular formula is C18H24N4O3S2. The van der Waals surface area contributed by atoms with E-state index in [0.29, 0.717) is 18.5 Å². The molecule has 0 amide bonds. The van der Waals surface area contributed by atoms with Crippen LogP contribution in [0.5, 0.6) is 0 Å². The van der Waals surface area contributed by atoms with E-state index in [1.165, 1.54) is 15.4 Å². The molecule has 146 valence electrons. The van der Waals surface area contributed by atoms with Crippen LogP contribution in [0.25, 0.3) is 0 Å². The van der Waals surface area contributed by atoms with E-state index in [0.717, 1.165) is 43.9 Å². The first kappa shape index (κ1) is 18.8. The molecule has 0 unspecified atom stereocenters. The molecule has 1 saturated heterocycles. The topological polar surface area (TPSA) is 86.4 Å². The van der Waals surface area contributed by atoms with Gasteiger partial charge in [0.15, 0.2) is 0 Å². The molecule has 2 aliphatic heterocycles. The number of hydrogen-bond donors (Lipinski definition) is 1. The highest BCUT2D eigenvalue weighted by Crippen LogP contribution is 2.31. The molecule has 0 bridgehead atoms. The second-order valence-electron chi connectivity index (χ2n) is 7.28. The van der Waals surface area contributed by atoms with Crippen LogP contribution in [0.15, 0.2) is 22.3 Å². The summed E-state index contributed by atoms with van der Waals surface area (Å²) in [6.07, 6.45) is 4.91. The summed E-state index contributed by atoms with van der Waals surface area (Å²) in [4.78, 5) is 24.1. The van der Waals surface area contributed by atoms with Crippen LogP contribution in [0.1, 0.15) is 47.3 Å². The monoisotopic (exact) mass is 408 g/mol. The summed E-state index contributed by atoms with van der Waals surface area (Å²) in [5, 5.41) is 2.08. The number of piperidine rings is 1. The van der Waals surface area contributed by atoms with E-state index < -0.39 is 10.0 Å². The number of H-pyrrole nitrogens is 1. The Kier molecular flexibility index (Phi) is 5.19. The van der Waals surface area contributed by atoms with Crippen molar-refractivity contribution in [3.05, 3.63) is 49.8 Å². The molecule has 0 saturated carbocycles. The largest absolute Gasteiger partial charge is 0.309 e. The molecule has 1 fully saturated rings. The zero-order chi connectivity index (χ0) is 19.0. The lowest BCUT2D eigenvalue weighted by atomic mass is 10.0. The normalized spacial score (nSPS) is 21.9. The van der Waals surface area contributed by atoms with Gasteiger partial charge in [-0.05, 0) is 30.8 Å². The molecular weight excluding hydrogens is 384 g/mol. The molecule has 0 aliphatic carbocycles. The molecule has 0 aromatic carbocycles. The van der Waals surface area contributed by atoms with Crippen molar-refractivity contribution in [2.45, 2.75) is 44.8 Å². The molecule has 0 spiro atoms. The summed E-state index contributed by atoms with van der Waals surface area (Å²) < 4.78 is 25.0. The van der Waals surface area contributed by atoms with Crippen LogP contribution in [0.2, 0.25) is 0 Å². The van der Waals surface area contributed by atoms with E-state index in [9.17, 15) is 13.2 Å². The van der Waals surface area contributed by atoms with Crippen molar-refractivity contribution in [2.75, 3.05) is 19.3 Å². The predicted molar refractivity (Wildman–Crippen MR) is 105 cm³/mol. The molecule has 9 heteroatoms. The fraction of sp³-hybridized carbons (Fsp3) is 0.556. The Morgan fingerprint density at radius 3 is 2.93 bits per heavy atom. The fourth-order valence-electron chi connectivity index (χ4n) is 3.95. The molecule has 7 nitrogen and oxygen atoms in total. The minimum Gasteiger partial charge on any atom is -0.309 e. The first-order chi connectivity index (χ1) is 12.9. The fourth-order valence-corrected chi connectivity index (χ4v) is 5.47. The number of likely N-dealkylation sites (tertiary alicyclic amines) is 1. The highest BCUT2D eigenvalue weighted by molar-refractivity contribution is 7.88. The maximum atomic E-state index is 12.7. The van der Waals surface area contributed by atoms with Crippen molar-refractivity contribution in [3.63, 3.8) is 0 Å². The van der Waals surface area contributed by atoms with Crippen LogP contribution in [0.4, 0.5) is 0 Å². The second kappa shape index (κ2) is 7.46. The SMILES string of the molecule is CS(=O)(=O)N1CCc2nc([C@H]3CCCCN3Cc3cccs3)[nH]c(=O)c2C1. The predicted octanol–water partition coefficient (Wildman–Crippen LogP) is 1.88. The van der Waals surface area contributed by atoms with Crippen molar-refractivity contribution in [1.29, 1.82) is 0 Å². The summed E-state index contributed by atoms with van der Waals surface area (Å²) in [7, 11) is -3.31. The summed E-state index contributed by atoms with van der Waals surface area (Å²) in [6, 6.07) is 4.30. The lowest BCUT2D eigenvalue weighted by Gasteiger charge is -2.35. The first-order valence-electron chi connectivity index (χ1n) is 9.25. The molecule has 1 N–H and O–H groups in total. The van der Waals surface area contributed by atoms with Crippen molar-refractivity contribution in [3.8, 4) is 0 Å². The molecule has 0 radical (unpaired) electrons. The van der Waals surface area contributed by atoms with Gasteiger partial charge in [0.25, 0.3) is 5.56 Å². The van der Waals surface area contributed by atoms with Gasteiger partial charge in [0.05, 0.1) is 23.6 Å². The zero-order valence-electron chi connectivity index (χ0n) is 15.3. The van der Waals surface area contributed by atoms with Crippen LogP contribution in [0.3, 0.4) is 0 Å². The first-order valence-corrected chi connectivity index (χ1v) is 12.0. The van der Waals surface area contributed by atoms with Crippen LogP contribution < -0.4 is 5.56 Å². The van der Waals surface area contributed by atoms with Gasteiger partial charge < -0.3 is 4.98 Å². The summed E-state index contributed by atoms with van der Waals surface area (Å²) in [5.74, 6) is 0.725. The molecule has 4 heterocycles. The number of fused-ring (bicyclic) bond motifs is 1. The number of nitrogens with zero attached hydrogens (tertiary/aromatic N) is 3. The number of sulfonamides is 1. The summed E-state index contributed by atoms with van der Waals surface area (Å²) in [5.41, 5.74) is 1.02. The Balaban J connectivity index is 1.62. The third kappa shape index (κ3) is 4.01. The average Bonchev–Trinajstić information content (AvgIpc) is 3.14. The molecule has 2 aromatic heterocycles. The number of aromatic nitrogens is 2. The third-order valence-electron chi connectivity index (χ3n) is 5.39. The van der Waals surface area contributed by atoms with Crippen LogP contribution >= 0.6 is 11.3 Å². The number of hydrogen-bond acceptors (Lipinski definition) is 6. The van der Waals surface area contributed by atoms with E-state index >= 15 is 0 Å². The highest BCUT2D eigenvalue weighted by Gasteiger charge is 2.30. The van der Waals surface area contributed by atoms with E-state index in [1.807, 2.05) is 0 Å². The van der Waals surface area contributed by atoms with E-state index in [-0.39, 0.29) is 18.1 Å². The van der Waals surface area contributed by atoms with Crippen molar-refractivity contribution >= 4 is 21.4 Å². The van der Waals surface area contributed by atoms with Gasteiger partial charge in [-0.15, -0.1) is 11.3 Å².